The van der Waals surface area contributed by atoms with Crippen molar-refractivity contribution in [3.05, 3.63) is 40.5 Å². The van der Waals surface area contributed by atoms with Crippen molar-refractivity contribution in [1.29, 1.82) is 0 Å². The third-order valence-electron chi connectivity index (χ3n) is 5.23. The van der Waals surface area contributed by atoms with E-state index < -0.39 is 0 Å². The van der Waals surface area contributed by atoms with E-state index in [0.29, 0.717) is 0 Å². The molecule has 1 aliphatic carbocycles. The van der Waals surface area contributed by atoms with E-state index in [1.54, 1.807) is 31.9 Å². The number of fused-ring (bicyclic) bond motifs is 5. The van der Waals surface area contributed by atoms with E-state index in [2.05, 4.69) is 21.5 Å². The molecule has 0 amide bonds. The summed E-state index contributed by atoms with van der Waals surface area (Å²) in [5.41, 5.74) is 3.48. The maximum Gasteiger partial charge on any atom is 0.227 e. The van der Waals surface area contributed by atoms with Crippen LogP contribution >= 0.6 is 11.3 Å². The van der Waals surface area contributed by atoms with Gasteiger partial charge < -0.3 is 14.8 Å². The van der Waals surface area contributed by atoms with Gasteiger partial charge in [0.2, 0.25) is 5.95 Å². The Morgan fingerprint density at radius 3 is 2.93 bits per heavy atom. The molecule has 3 aromatic heterocycles. The Hall–Kier alpha value is -2.87. The van der Waals surface area contributed by atoms with Gasteiger partial charge >= 0.3 is 0 Å². The number of nitrogens with zero attached hydrogens (tertiary/aromatic N) is 4. The van der Waals surface area contributed by atoms with E-state index in [-0.39, 0.29) is 0 Å². The Morgan fingerprint density at radius 2 is 2.07 bits per heavy atom. The van der Waals surface area contributed by atoms with Gasteiger partial charge in [0.25, 0.3) is 0 Å². The van der Waals surface area contributed by atoms with E-state index >= 15 is 0 Å². The van der Waals surface area contributed by atoms with Gasteiger partial charge in [0.05, 0.1) is 19.6 Å². The van der Waals surface area contributed by atoms with Crippen LogP contribution < -0.4 is 14.8 Å². The van der Waals surface area contributed by atoms with Gasteiger partial charge in [0.1, 0.15) is 11.2 Å². The van der Waals surface area contributed by atoms with Gasteiger partial charge in [0, 0.05) is 11.4 Å². The zero-order chi connectivity index (χ0) is 19.1. The van der Waals surface area contributed by atoms with Gasteiger partial charge in [-0.1, -0.05) is 6.07 Å². The van der Waals surface area contributed by atoms with Crippen LogP contribution in [0.25, 0.3) is 15.9 Å². The molecule has 1 N–H and O–H groups in total. The predicted molar refractivity (Wildman–Crippen MR) is 110 cm³/mol. The summed E-state index contributed by atoms with van der Waals surface area (Å²) < 4.78 is 12.5. The van der Waals surface area contributed by atoms with Crippen LogP contribution in [0.5, 0.6) is 11.5 Å². The van der Waals surface area contributed by atoms with Crippen LogP contribution in [0.4, 0.5) is 5.95 Å². The second-order valence-corrected chi connectivity index (χ2v) is 7.92. The lowest BCUT2D eigenvalue weighted by atomic mass is 10.1. The van der Waals surface area contributed by atoms with Gasteiger partial charge in [-0.05, 0) is 48.9 Å². The van der Waals surface area contributed by atoms with E-state index in [1.807, 2.05) is 16.6 Å². The third kappa shape index (κ3) is 2.75. The monoisotopic (exact) mass is 395 g/mol. The first-order valence-electron chi connectivity index (χ1n) is 9.37. The fourth-order valence-corrected chi connectivity index (χ4v) is 5.13. The van der Waals surface area contributed by atoms with E-state index in [0.717, 1.165) is 59.3 Å². The largest absolute Gasteiger partial charge is 0.493 e. The van der Waals surface area contributed by atoms with E-state index in [1.165, 1.54) is 22.2 Å². The lowest BCUT2D eigenvalue weighted by Gasteiger charge is -2.11. The molecule has 0 saturated carbocycles. The molecule has 0 fully saturated rings. The number of nitrogens with one attached hydrogen (secondary N) is 1. The maximum atomic E-state index is 5.39. The first-order chi connectivity index (χ1) is 13.8. The number of rotatable bonds is 6. The molecular formula is C20H21N5O2S. The summed E-state index contributed by atoms with van der Waals surface area (Å²) in [6.07, 6.45) is 5.93. The van der Waals surface area contributed by atoms with Crippen molar-refractivity contribution in [3.8, 4) is 11.5 Å². The summed E-state index contributed by atoms with van der Waals surface area (Å²) in [5, 5.41) is 9.01. The van der Waals surface area contributed by atoms with Gasteiger partial charge in [-0.15, -0.1) is 11.3 Å². The number of hydrogen-bond donors (Lipinski definition) is 1. The van der Waals surface area contributed by atoms with Crippen molar-refractivity contribution >= 4 is 33.1 Å². The number of methoxy groups -OCH3 is 2. The fourth-order valence-electron chi connectivity index (χ4n) is 3.88. The van der Waals surface area contributed by atoms with Crippen molar-refractivity contribution in [2.45, 2.75) is 25.7 Å². The number of thiophene rings is 1. The van der Waals surface area contributed by atoms with Crippen LogP contribution in [0.15, 0.2) is 24.5 Å². The summed E-state index contributed by atoms with van der Waals surface area (Å²) >= 11 is 1.80. The molecule has 5 rings (SSSR count). The Bertz CT molecular complexity index is 1170. The number of aryl methyl sites for hydroxylation is 2. The molecule has 1 aliphatic rings. The first-order valence-corrected chi connectivity index (χ1v) is 10.2. The average molecular weight is 395 g/mol. The highest BCUT2D eigenvalue weighted by Crippen LogP contribution is 2.38. The normalized spacial score (nSPS) is 13.2. The Kier molecular flexibility index (Phi) is 4.27. The van der Waals surface area contributed by atoms with Crippen molar-refractivity contribution in [1.82, 2.24) is 19.6 Å². The third-order valence-corrected chi connectivity index (χ3v) is 6.41. The maximum absolute atomic E-state index is 5.39. The second-order valence-electron chi connectivity index (χ2n) is 6.83. The van der Waals surface area contributed by atoms with E-state index in [4.69, 9.17) is 14.5 Å². The molecule has 0 spiro atoms. The molecule has 8 heteroatoms. The molecule has 28 heavy (non-hydrogen) atoms. The molecule has 144 valence electrons. The zero-order valence-electron chi connectivity index (χ0n) is 15.9. The number of aromatic nitrogens is 4. The molecule has 3 heterocycles. The Balaban J connectivity index is 1.40. The van der Waals surface area contributed by atoms with Gasteiger partial charge in [-0.25, -0.2) is 9.97 Å². The number of ether oxygens (including phenoxy) is 2. The van der Waals surface area contributed by atoms with Crippen molar-refractivity contribution in [2.75, 3.05) is 26.1 Å². The molecule has 0 saturated heterocycles. The molecular weight excluding hydrogens is 374 g/mol. The second kappa shape index (κ2) is 6.94. The quantitative estimate of drug-likeness (QED) is 0.539. The minimum absolute atomic E-state index is 0.730. The summed E-state index contributed by atoms with van der Waals surface area (Å²) in [4.78, 5) is 11.9. The zero-order valence-corrected chi connectivity index (χ0v) is 16.7. The van der Waals surface area contributed by atoms with Gasteiger partial charge in [-0.3, -0.25) is 0 Å². The van der Waals surface area contributed by atoms with Crippen LogP contribution in [-0.4, -0.2) is 40.3 Å². The first kappa shape index (κ1) is 17.2. The van der Waals surface area contributed by atoms with Crippen LogP contribution in [0, 0.1) is 0 Å². The smallest absolute Gasteiger partial charge is 0.227 e. The van der Waals surface area contributed by atoms with Crippen molar-refractivity contribution in [2.24, 2.45) is 0 Å². The molecule has 0 radical (unpaired) electrons. The van der Waals surface area contributed by atoms with Crippen LogP contribution in [0.3, 0.4) is 0 Å². The Morgan fingerprint density at radius 1 is 1.18 bits per heavy atom. The average Bonchev–Trinajstić information content (AvgIpc) is 3.43. The Labute approximate surface area is 166 Å². The topological polar surface area (TPSA) is 73.6 Å². The standard InChI is InChI=1S/C20H21N5O2S/c1-26-14-7-6-12(10-15(14)27-2)8-9-21-20-24-19-17(18-22-11-23-25(18)20)13-4-3-5-16(13)28-19/h6-7,10-11H,3-5,8-9H2,1-2H3,(H,21,24). The summed E-state index contributed by atoms with van der Waals surface area (Å²) in [5.74, 6) is 2.22. The minimum Gasteiger partial charge on any atom is -0.493 e. The predicted octanol–water partition coefficient (Wildman–Crippen LogP) is 3.50. The van der Waals surface area contributed by atoms with Crippen molar-refractivity contribution < 1.29 is 9.47 Å². The molecule has 0 aliphatic heterocycles. The SMILES string of the molecule is COc1ccc(CCNc2nc3sc4c(c3c3ncnn23)CCC4)cc1OC. The van der Waals surface area contributed by atoms with Crippen molar-refractivity contribution in [3.63, 3.8) is 0 Å². The summed E-state index contributed by atoms with van der Waals surface area (Å²) in [6, 6.07) is 5.99. The highest BCUT2D eigenvalue weighted by molar-refractivity contribution is 7.19. The molecule has 0 bridgehead atoms. The van der Waals surface area contributed by atoms with Gasteiger partial charge in [0.15, 0.2) is 17.1 Å². The lowest BCUT2D eigenvalue weighted by Crippen LogP contribution is -2.11. The summed E-state index contributed by atoms with van der Waals surface area (Å²) in [6.45, 7) is 0.730. The van der Waals surface area contributed by atoms with Gasteiger partial charge in [-0.2, -0.15) is 9.61 Å². The number of benzene rings is 1. The summed E-state index contributed by atoms with van der Waals surface area (Å²) in [7, 11) is 3.30. The number of anilines is 1. The molecule has 0 atom stereocenters. The fraction of sp³-hybridized carbons (Fsp3) is 0.350. The minimum atomic E-state index is 0.730. The van der Waals surface area contributed by atoms with Crippen LogP contribution in [0.2, 0.25) is 0 Å². The van der Waals surface area contributed by atoms with Crippen LogP contribution in [-0.2, 0) is 19.3 Å². The molecule has 0 unspecified atom stereocenters. The number of hydrogen-bond acceptors (Lipinski definition) is 7. The van der Waals surface area contributed by atoms with E-state index in [9.17, 15) is 0 Å². The molecule has 4 aromatic rings. The molecule has 1 aromatic carbocycles. The lowest BCUT2D eigenvalue weighted by molar-refractivity contribution is 0.354. The highest BCUT2D eigenvalue weighted by atomic mass is 32.1. The van der Waals surface area contributed by atoms with Crippen LogP contribution in [0.1, 0.15) is 22.4 Å². The molecule has 7 nitrogen and oxygen atoms in total. The highest BCUT2D eigenvalue weighted by Gasteiger charge is 2.22.